The monoisotopic (exact) mass is 285 g/mol. The summed E-state index contributed by atoms with van der Waals surface area (Å²) in [7, 11) is -4.54. The molecule has 0 fully saturated rings. The van der Waals surface area contributed by atoms with Gasteiger partial charge in [-0.1, -0.05) is 23.2 Å². The zero-order chi connectivity index (χ0) is 12.5. The van der Waals surface area contributed by atoms with Crippen molar-refractivity contribution < 1.29 is 18.7 Å². The molecule has 0 unspecified atom stereocenters. The average molecular weight is 286 g/mol. The van der Waals surface area contributed by atoms with Crippen LogP contribution in [-0.2, 0) is 4.57 Å². The molecular weight excluding hydrogens is 279 g/mol. The van der Waals surface area contributed by atoms with E-state index < -0.39 is 18.2 Å². The van der Waals surface area contributed by atoms with E-state index in [1.165, 1.54) is 0 Å². The Balaban J connectivity index is 3.26. The van der Waals surface area contributed by atoms with Gasteiger partial charge in [0.2, 0.25) is 0 Å². The van der Waals surface area contributed by atoms with E-state index in [2.05, 4.69) is 0 Å². The zero-order valence-corrected chi connectivity index (χ0v) is 10.1. The van der Waals surface area contributed by atoms with Crippen LogP contribution in [0.15, 0.2) is 16.9 Å². The van der Waals surface area contributed by atoms with Crippen LogP contribution in [0.3, 0.4) is 0 Å². The molecule has 0 bridgehead atoms. The van der Waals surface area contributed by atoms with Crippen LogP contribution in [0.4, 0.5) is 10.1 Å². The SMILES string of the molecule is Nc1cc(C=C(Cl)P(=O)(O)O)c(Cl)cc1F. The van der Waals surface area contributed by atoms with E-state index in [0.29, 0.717) is 0 Å². The summed E-state index contributed by atoms with van der Waals surface area (Å²) < 4.78 is 23.0. The maximum atomic E-state index is 12.9. The van der Waals surface area contributed by atoms with Crippen LogP contribution < -0.4 is 5.73 Å². The first-order valence-electron chi connectivity index (χ1n) is 3.89. The molecular formula is C8H7Cl2FNO3P. The van der Waals surface area contributed by atoms with Gasteiger partial charge in [0.15, 0.2) is 0 Å². The van der Waals surface area contributed by atoms with E-state index in [-0.39, 0.29) is 16.3 Å². The third-order valence-corrected chi connectivity index (χ3v) is 3.45. The Hall–Kier alpha value is -0.580. The maximum Gasteiger partial charge on any atom is 0.367 e. The zero-order valence-electron chi connectivity index (χ0n) is 7.69. The number of anilines is 1. The van der Waals surface area contributed by atoms with Crippen LogP contribution >= 0.6 is 30.8 Å². The van der Waals surface area contributed by atoms with Crippen LogP contribution in [0, 0.1) is 5.82 Å². The second-order valence-corrected chi connectivity index (χ2v) is 5.55. The topological polar surface area (TPSA) is 83.6 Å². The van der Waals surface area contributed by atoms with Crippen molar-refractivity contribution in [3.8, 4) is 0 Å². The number of rotatable bonds is 2. The molecule has 4 N–H and O–H groups in total. The molecule has 88 valence electrons. The van der Waals surface area contributed by atoms with Gasteiger partial charge in [0.05, 0.1) is 10.7 Å². The van der Waals surface area contributed by atoms with E-state index in [0.717, 1.165) is 18.2 Å². The van der Waals surface area contributed by atoms with Gasteiger partial charge in [0, 0.05) is 0 Å². The van der Waals surface area contributed by atoms with Gasteiger partial charge >= 0.3 is 7.60 Å². The lowest BCUT2D eigenvalue weighted by Gasteiger charge is -2.04. The molecule has 0 radical (unpaired) electrons. The van der Waals surface area contributed by atoms with E-state index >= 15 is 0 Å². The van der Waals surface area contributed by atoms with Crippen molar-refractivity contribution in [3.05, 3.63) is 33.3 Å². The molecule has 0 amide bonds. The average Bonchev–Trinajstić information content (AvgIpc) is 2.12. The number of hydrogen-bond acceptors (Lipinski definition) is 2. The predicted molar refractivity (Wildman–Crippen MR) is 61.7 cm³/mol. The lowest BCUT2D eigenvalue weighted by atomic mass is 10.2. The predicted octanol–water partition coefficient (Wildman–Crippen LogP) is 2.78. The first-order valence-corrected chi connectivity index (χ1v) is 6.26. The van der Waals surface area contributed by atoms with Crippen LogP contribution in [0.5, 0.6) is 0 Å². The van der Waals surface area contributed by atoms with Gasteiger partial charge < -0.3 is 15.5 Å². The van der Waals surface area contributed by atoms with Crippen molar-refractivity contribution >= 4 is 42.6 Å². The van der Waals surface area contributed by atoms with Crippen molar-refractivity contribution in [2.24, 2.45) is 0 Å². The fourth-order valence-electron chi connectivity index (χ4n) is 0.906. The Kier molecular flexibility index (Phi) is 3.99. The van der Waals surface area contributed by atoms with Crippen LogP contribution in [0.1, 0.15) is 5.56 Å². The number of benzene rings is 1. The first-order chi connectivity index (χ1) is 7.21. The van der Waals surface area contributed by atoms with Crippen molar-refractivity contribution in [1.29, 1.82) is 0 Å². The van der Waals surface area contributed by atoms with E-state index in [1.54, 1.807) is 0 Å². The largest absolute Gasteiger partial charge is 0.396 e. The fourth-order valence-corrected chi connectivity index (χ4v) is 1.54. The molecule has 0 spiro atoms. The lowest BCUT2D eigenvalue weighted by Crippen LogP contribution is -1.92. The molecule has 0 heterocycles. The summed E-state index contributed by atoms with van der Waals surface area (Å²) >= 11 is 11.0. The Morgan fingerprint density at radius 2 is 2.06 bits per heavy atom. The number of nitrogen functional groups attached to an aromatic ring is 1. The van der Waals surface area contributed by atoms with Crippen molar-refractivity contribution in [1.82, 2.24) is 0 Å². The second-order valence-electron chi connectivity index (χ2n) is 2.91. The highest BCUT2D eigenvalue weighted by atomic mass is 35.5. The van der Waals surface area contributed by atoms with Crippen molar-refractivity contribution in [2.75, 3.05) is 5.73 Å². The highest BCUT2D eigenvalue weighted by Crippen LogP contribution is 2.48. The van der Waals surface area contributed by atoms with Gasteiger partial charge in [-0.15, -0.1) is 0 Å². The minimum absolute atomic E-state index is 0.0432. The summed E-state index contributed by atoms with van der Waals surface area (Å²) in [5.41, 5.74) is 5.22. The number of nitrogens with two attached hydrogens (primary N) is 1. The summed E-state index contributed by atoms with van der Waals surface area (Å²) in [4.78, 5) is 17.4. The van der Waals surface area contributed by atoms with Crippen LogP contribution in [0.2, 0.25) is 5.02 Å². The highest BCUT2D eigenvalue weighted by Gasteiger charge is 2.19. The second kappa shape index (κ2) is 4.73. The molecule has 0 saturated carbocycles. The van der Waals surface area contributed by atoms with Crippen LogP contribution in [0.25, 0.3) is 6.08 Å². The summed E-state index contributed by atoms with van der Waals surface area (Å²) in [6, 6.07) is 2.07. The quantitative estimate of drug-likeness (QED) is 0.576. The van der Waals surface area contributed by atoms with Gasteiger partial charge in [-0.3, -0.25) is 4.57 Å². The van der Waals surface area contributed by atoms with E-state index in [1.807, 2.05) is 0 Å². The number of halogens is 3. The maximum absolute atomic E-state index is 12.9. The molecule has 8 heteroatoms. The fraction of sp³-hybridized carbons (Fsp3) is 0. The van der Waals surface area contributed by atoms with Crippen molar-refractivity contribution in [2.45, 2.75) is 0 Å². The Bertz CT molecular complexity index is 500. The smallest absolute Gasteiger partial charge is 0.367 e. The lowest BCUT2D eigenvalue weighted by molar-refractivity contribution is 0.385. The number of hydrogen-bond donors (Lipinski definition) is 3. The van der Waals surface area contributed by atoms with Crippen molar-refractivity contribution in [3.63, 3.8) is 0 Å². The molecule has 0 aliphatic rings. The van der Waals surface area contributed by atoms with Gasteiger partial charge in [-0.2, -0.15) is 0 Å². The minimum atomic E-state index is -4.54. The Morgan fingerprint density at radius 1 is 1.50 bits per heavy atom. The third-order valence-electron chi connectivity index (χ3n) is 1.67. The summed E-state index contributed by atoms with van der Waals surface area (Å²) in [6.07, 6.45) is 0.945. The first kappa shape index (κ1) is 13.5. The van der Waals surface area contributed by atoms with E-state index in [9.17, 15) is 8.96 Å². The summed E-state index contributed by atoms with van der Waals surface area (Å²) in [5, 5.41) is -0.0432. The summed E-state index contributed by atoms with van der Waals surface area (Å²) in [5.74, 6) is -0.713. The summed E-state index contributed by atoms with van der Waals surface area (Å²) in [6.45, 7) is 0. The molecule has 16 heavy (non-hydrogen) atoms. The van der Waals surface area contributed by atoms with Crippen LogP contribution in [-0.4, -0.2) is 9.79 Å². The molecule has 1 aromatic rings. The molecule has 0 saturated heterocycles. The van der Waals surface area contributed by atoms with Gasteiger partial charge in [-0.25, -0.2) is 4.39 Å². The Labute approximate surface area is 101 Å². The standard InChI is InChI=1S/C8H7Cl2FNO3P/c9-5-3-6(11)7(12)1-4(5)2-8(10)16(13,14)15/h1-3H,12H2,(H2,13,14,15). The van der Waals surface area contributed by atoms with Gasteiger partial charge in [0.25, 0.3) is 0 Å². The Morgan fingerprint density at radius 3 is 2.56 bits per heavy atom. The third kappa shape index (κ3) is 3.20. The molecule has 0 aliphatic heterocycles. The normalized spacial score (nSPS) is 12.9. The molecule has 0 atom stereocenters. The molecule has 1 aromatic carbocycles. The molecule has 0 aromatic heterocycles. The molecule has 0 aliphatic carbocycles. The molecule has 1 rings (SSSR count). The van der Waals surface area contributed by atoms with E-state index in [4.69, 9.17) is 38.7 Å². The minimum Gasteiger partial charge on any atom is -0.396 e. The molecule has 4 nitrogen and oxygen atoms in total. The highest BCUT2D eigenvalue weighted by molar-refractivity contribution is 7.59. The van der Waals surface area contributed by atoms with Gasteiger partial charge in [-0.05, 0) is 23.8 Å². The van der Waals surface area contributed by atoms with Gasteiger partial charge in [0.1, 0.15) is 10.6 Å².